The number of nitrogens with one attached hydrogen (secondary N) is 2. The Morgan fingerprint density at radius 2 is 2.17 bits per heavy atom. The van der Waals surface area contributed by atoms with E-state index in [-0.39, 0.29) is 5.91 Å². The van der Waals surface area contributed by atoms with Crippen molar-refractivity contribution >= 4 is 39.9 Å². The minimum Gasteiger partial charge on any atom is -0.495 e. The van der Waals surface area contributed by atoms with Crippen molar-refractivity contribution in [2.75, 3.05) is 13.7 Å². The SMILES string of the molecule is COc1c(C(=O)NCC2CC2)ccc2[nH]nc(/C=C/c3ccc4occc4c3)c12. The Labute approximate surface area is 167 Å². The van der Waals surface area contributed by atoms with Crippen LogP contribution in [0.5, 0.6) is 5.75 Å². The number of aromatic nitrogens is 2. The maximum Gasteiger partial charge on any atom is 0.255 e. The maximum atomic E-state index is 12.7. The predicted octanol–water partition coefficient (Wildman–Crippen LogP) is 4.63. The Kier molecular flexibility index (Phi) is 4.31. The number of methoxy groups -OCH3 is 1. The van der Waals surface area contributed by atoms with Gasteiger partial charge in [0.2, 0.25) is 0 Å². The molecule has 0 atom stereocenters. The third kappa shape index (κ3) is 3.38. The fraction of sp³-hybridized carbons (Fsp3) is 0.217. The van der Waals surface area contributed by atoms with Crippen molar-refractivity contribution in [1.29, 1.82) is 0 Å². The van der Waals surface area contributed by atoms with Crippen molar-refractivity contribution in [2.45, 2.75) is 12.8 Å². The van der Waals surface area contributed by atoms with Crippen molar-refractivity contribution in [3.63, 3.8) is 0 Å². The quantitative estimate of drug-likeness (QED) is 0.506. The minimum absolute atomic E-state index is 0.114. The molecule has 2 aromatic heterocycles. The van der Waals surface area contributed by atoms with Gasteiger partial charge in [0.25, 0.3) is 5.91 Å². The van der Waals surface area contributed by atoms with Crippen LogP contribution < -0.4 is 10.1 Å². The fourth-order valence-corrected chi connectivity index (χ4v) is 3.54. The molecular weight excluding hydrogens is 366 g/mol. The number of furan rings is 1. The molecule has 1 amide bonds. The van der Waals surface area contributed by atoms with E-state index in [2.05, 4.69) is 21.6 Å². The summed E-state index contributed by atoms with van der Waals surface area (Å²) in [7, 11) is 1.58. The molecular formula is C23H21N3O3. The Balaban J connectivity index is 1.49. The molecule has 4 aromatic rings. The molecule has 6 nitrogen and oxygen atoms in total. The van der Waals surface area contributed by atoms with Crippen LogP contribution >= 0.6 is 0 Å². The first-order chi connectivity index (χ1) is 14.2. The smallest absolute Gasteiger partial charge is 0.255 e. The summed E-state index contributed by atoms with van der Waals surface area (Å²) in [5, 5.41) is 12.3. The highest BCUT2D eigenvalue weighted by Crippen LogP contribution is 2.33. The lowest BCUT2D eigenvalue weighted by Gasteiger charge is -2.10. The van der Waals surface area contributed by atoms with Gasteiger partial charge in [-0.25, -0.2) is 0 Å². The van der Waals surface area contributed by atoms with Gasteiger partial charge in [0.15, 0.2) is 0 Å². The van der Waals surface area contributed by atoms with Crippen LogP contribution in [0.2, 0.25) is 0 Å². The van der Waals surface area contributed by atoms with Gasteiger partial charge in [-0.2, -0.15) is 5.10 Å². The molecule has 1 aliphatic carbocycles. The number of benzene rings is 2. The summed E-state index contributed by atoms with van der Waals surface area (Å²) in [6.45, 7) is 0.717. The van der Waals surface area contributed by atoms with Crippen LogP contribution in [0.25, 0.3) is 34.0 Å². The van der Waals surface area contributed by atoms with E-state index in [1.54, 1.807) is 19.4 Å². The Hall–Kier alpha value is -3.54. The van der Waals surface area contributed by atoms with Crippen molar-refractivity contribution in [2.24, 2.45) is 5.92 Å². The van der Waals surface area contributed by atoms with Crippen LogP contribution in [0.1, 0.15) is 34.5 Å². The zero-order valence-corrected chi connectivity index (χ0v) is 16.1. The number of hydrogen-bond acceptors (Lipinski definition) is 4. The first-order valence-corrected chi connectivity index (χ1v) is 9.71. The summed E-state index contributed by atoms with van der Waals surface area (Å²) >= 11 is 0. The second kappa shape index (κ2) is 7.13. The lowest BCUT2D eigenvalue weighted by Crippen LogP contribution is -2.26. The van der Waals surface area contributed by atoms with E-state index in [0.29, 0.717) is 23.8 Å². The first-order valence-electron chi connectivity index (χ1n) is 9.71. The van der Waals surface area contributed by atoms with Gasteiger partial charge in [-0.1, -0.05) is 12.1 Å². The van der Waals surface area contributed by atoms with E-state index >= 15 is 0 Å². The number of hydrogen-bond donors (Lipinski definition) is 2. The highest BCUT2D eigenvalue weighted by Gasteiger charge is 2.24. The number of rotatable bonds is 6. The molecule has 1 saturated carbocycles. The summed E-state index contributed by atoms with van der Waals surface area (Å²) in [4.78, 5) is 12.7. The molecule has 0 radical (unpaired) electrons. The van der Waals surface area contributed by atoms with E-state index in [9.17, 15) is 4.79 Å². The summed E-state index contributed by atoms with van der Waals surface area (Å²) in [6, 6.07) is 11.6. The minimum atomic E-state index is -0.114. The van der Waals surface area contributed by atoms with Gasteiger partial charge in [-0.3, -0.25) is 9.89 Å². The van der Waals surface area contributed by atoms with Crippen LogP contribution in [0, 0.1) is 5.92 Å². The van der Waals surface area contributed by atoms with E-state index in [4.69, 9.17) is 9.15 Å². The maximum absolute atomic E-state index is 12.7. The number of H-pyrrole nitrogens is 1. The zero-order valence-electron chi connectivity index (χ0n) is 16.1. The first kappa shape index (κ1) is 17.6. The van der Waals surface area contributed by atoms with Gasteiger partial charge < -0.3 is 14.5 Å². The van der Waals surface area contributed by atoms with E-state index < -0.39 is 0 Å². The van der Waals surface area contributed by atoms with Crippen molar-refractivity contribution in [3.05, 3.63) is 59.5 Å². The molecule has 0 unspecified atom stereocenters. The van der Waals surface area contributed by atoms with Crippen LogP contribution in [0.3, 0.4) is 0 Å². The van der Waals surface area contributed by atoms with Gasteiger partial charge in [0, 0.05) is 11.9 Å². The van der Waals surface area contributed by atoms with Gasteiger partial charge in [-0.05, 0) is 60.7 Å². The molecule has 2 N–H and O–H groups in total. The molecule has 29 heavy (non-hydrogen) atoms. The largest absolute Gasteiger partial charge is 0.495 e. The lowest BCUT2D eigenvalue weighted by molar-refractivity contribution is 0.0949. The normalized spacial score (nSPS) is 14.1. The highest BCUT2D eigenvalue weighted by molar-refractivity contribution is 6.05. The fourth-order valence-electron chi connectivity index (χ4n) is 3.54. The molecule has 2 heterocycles. The summed E-state index contributed by atoms with van der Waals surface area (Å²) in [6.07, 6.45) is 7.98. The standard InChI is InChI=1S/C23H21N3O3/c1-28-22-17(23(27)24-13-15-2-3-15)6-8-19-21(22)18(25-26-19)7-4-14-5-9-20-16(12-14)10-11-29-20/h4-12,15H,2-3,13H2,1H3,(H,24,27)(H,25,26)/b7-4+. The number of fused-ring (bicyclic) bond motifs is 2. The molecule has 1 fully saturated rings. The van der Waals surface area contributed by atoms with E-state index in [1.807, 2.05) is 36.4 Å². The van der Waals surface area contributed by atoms with Crippen molar-refractivity contribution < 1.29 is 13.9 Å². The molecule has 0 bridgehead atoms. The van der Waals surface area contributed by atoms with E-state index in [1.165, 1.54) is 12.8 Å². The number of ether oxygens (including phenoxy) is 1. The van der Waals surface area contributed by atoms with Crippen LogP contribution in [-0.2, 0) is 0 Å². The molecule has 5 rings (SSSR count). The predicted molar refractivity (Wildman–Crippen MR) is 113 cm³/mol. The van der Waals surface area contributed by atoms with Crippen molar-refractivity contribution in [3.8, 4) is 5.75 Å². The molecule has 1 aliphatic rings. The molecule has 0 saturated heterocycles. The third-order valence-electron chi connectivity index (χ3n) is 5.32. The number of amides is 1. The van der Waals surface area contributed by atoms with Crippen LogP contribution in [0.15, 0.2) is 47.1 Å². The van der Waals surface area contributed by atoms with Crippen LogP contribution in [-0.4, -0.2) is 29.8 Å². The topological polar surface area (TPSA) is 80.1 Å². The molecule has 146 valence electrons. The Bertz CT molecular complexity index is 1230. The number of aromatic amines is 1. The molecule has 2 aromatic carbocycles. The number of carbonyl (C=O) groups is 1. The Morgan fingerprint density at radius 3 is 3.00 bits per heavy atom. The monoisotopic (exact) mass is 387 g/mol. The van der Waals surface area contributed by atoms with Gasteiger partial charge in [0.1, 0.15) is 11.3 Å². The summed E-state index contributed by atoms with van der Waals surface area (Å²) < 4.78 is 11.0. The average Bonchev–Trinajstić information content (AvgIpc) is 3.30. The van der Waals surface area contributed by atoms with Crippen molar-refractivity contribution in [1.82, 2.24) is 15.5 Å². The summed E-state index contributed by atoms with van der Waals surface area (Å²) in [5.74, 6) is 1.04. The third-order valence-corrected chi connectivity index (χ3v) is 5.32. The van der Waals surface area contributed by atoms with Gasteiger partial charge in [-0.15, -0.1) is 0 Å². The van der Waals surface area contributed by atoms with E-state index in [0.717, 1.165) is 33.1 Å². The van der Waals surface area contributed by atoms with Gasteiger partial charge in [0.05, 0.1) is 35.5 Å². The number of carbonyl (C=O) groups excluding carboxylic acids is 1. The second-order valence-electron chi connectivity index (χ2n) is 7.38. The highest BCUT2D eigenvalue weighted by atomic mass is 16.5. The average molecular weight is 387 g/mol. The number of nitrogens with zero attached hydrogens (tertiary/aromatic N) is 1. The molecule has 0 spiro atoms. The zero-order chi connectivity index (χ0) is 19.8. The second-order valence-corrected chi connectivity index (χ2v) is 7.38. The molecule has 6 heteroatoms. The summed E-state index contributed by atoms with van der Waals surface area (Å²) in [5.41, 5.74) is 3.96. The lowest BCUT2D eigenvalue weighted by atomic mass is 10.1. The van der Waals surface area contributed by atoms with Gasteiger partial charge >= 0.3 is 0 Å². The Morgan fingerprint density at radius 1 is 1.28 bits per heavy atom. The molecule has 0 aliphatic heterocycles. The van der Waals surface area contributed by atoms with Crippen LogP contribution in [0.4, 0.5) is 0 Å².